The third kappa shape index (κ3) is 9.32. The summed E-state index contributed by atoms with van der Waals surface area (Å²) >= 11 is 0. The number of fused-ring (bicyclic) bond motifs is 6. The number of nitrogens with zero attached hydrogens (tertiary/aromatic N) is 1. The maximum Gasteiger partial charge on any atom is 0.270 e. The van der Waals surface area contributed by atoms with E-state index in [-0.39, 0.29) is 10.6 Å². The molecule has 0 N–H and O–H groups in total. The highest BCUT2D eigenvalue weighted by molar-refractivity contribution is 5.55. The smallest absolute Gasteiger partial charge is 0.270 e. The summed E-state index contributed by atoms with van der Waals surface area (Å²) in [5.41, 5.74) is 7.62. The van der Waals surface area contributed by atoms with Gasteiger partial charge in [0.15, 0.2) is 0 Å². The van der Waals surface area contributed by atoms with E-state index in [9.17, 15) is 10.1 Å². The molecule has 50 heavy (non-hydrogen) atoms. The molecule has 0 fully saturated rings. The van der Waals surface area contributed by atoms with Crippen molar-refractivity contribution in [1.82, 2.24) is 0 Å². The molecule has 10 heteroatoms. The van der Waals surface area contributed by atoms with Crippen LogP contribution in [-0.2, 0) is 39.9 Å². The Morgan fingerprint density at radius 1 is 0.560 bits per heavy atom. The minimum absolute atomic E-state index is 0.0240. The number of nitro benzene ring substituents is 1. The number of nitro groups is 1. The molecule has 1 aliphatic carbocycles. The zero-order valence-corrected chi connectivity index (χ0v) is 28.9. The largest absolute Gasteiger partial charge is 0.493 e. The molecule has 6 rings (SSSR count). The van der Waals surface area contributed by atoms with Gasteiger partial charge in [-0.3, -0.25) is 10.1 Å². The number of non-ortho nitro benzene ring substituents is 1. The summed E-state index contributed by atoms with van der Waals surface area (Å²) in [4.78, 5) is 11.9. The minimum atomic E-state index is -0.335. The van der Waals surface area contributed by atoms with Gasteiger partial charge in [0, 0.05) is 48.9 Å². The van der Waals surface area contributed by atoms with Crippen LogP contribution in [0.25, 0.3) is 0 Å². The first-order valence-electron chi connectivity index (χ1n) is 17.4. The maximum absolute atomic E-state index is 12.3. The summed E-state index contributed by atoms with van der Waals surface area (Å²) in [6.07, 6.45) is 2.03. The van der Waals surface area contributed by atoms with E-state index in [1.165, 1.54) is 0 Å². The molecule has 264 valence electrons. The highest BCUT2D eigenvalue weighted by Gasteiger charge is 2.21. The van der Waals surface area contributed by atoms with E-state index in [1.54, 1.807) is 12.1 Å². The Bertz CT molecular complexity index is 1660. The predicted molar refractivity (Wildman–Crippen MR) is 189 cm³/mol. The summed E-state index contributed by atoms with van der Waals surface area (Å²) in [5, 5.41) is 12.3. The van der Waals surface area contributed by atoms with Crippen LogP contribution in [0.2, 0.25) is 0 Å². The van der Waals surface area contributed by atoms with Crippen molar-refractivity contribution >= 4 is 5.69 Å². The quantitative estimate of drug-likeness (QED) is 0.145. The fourth-order valence-corrected chi connectivity index (χ4v) is 6.57. The van der Waals surface area contributed by atoms with Gasteiger partial charge < -0.3 is 33.2 Å². The summed E-state index contributed by atoms with van der Waals surface area (Å²) in [6, 6.07) is 21.9. The molecule has 4 aromatic carbocycles. The second-order valence-electron chi connectivity index (χ2n) is 12.3. The van der Waals surface area contributed by atoms with Gasteiger partial charge in [-0.15, -0.1) is 0 Å². The molecule has 0 aromatic heterocycles. The molecule has 0 saturated heterocycles. The molecule has 10 nitrogen and oxygen atoms in total. The Morgan fingerprint density at radius 3 is 1.34 bits per heavy atom. The zero-order valence-electron chi connectivity index (χ0n) is 28.9. The Morgan fingerprint density at radius 2 is 0.940 bits per heavy atom. The molecule has 0 radical (unpaired) electrons. The van der Waals surface area contributed by atoms with Gasteiger partial charge in [-0.1, -0.05) is 30.3 Å². The van der Waals surface area contributed by atoms with E-state index in [0.717, 1.165) is 50.3 Å². The highest BCUT2D eigenvalue weighted by Crippen LogP contribution is 2.37. The second-order valence-corrected chi connectivity index (χ2v) is 12.3. The fraction of sp³-hybridized carbons (Fsp3) is 0.400. The molecule has 2 aliphatic rings. The zero-order chi connectivity index (χ0) is 34.7. The summed E-state index contributed by atoms with van der Waals surface area (Å²) in [5.74, 6) is 2.93. The van der Waals surface area contributed by atoms with Gasteiger partial charge in [0.2, 0.25) is 0 Å². The third-order valence-corrected chi connectivity index (χ3v) is 8.56. The highest BCUT2D eigenvalue weighted by atomic mass is 16.6. The van der Waals surface area contributed by atoms with E-state index < -0.39 is 0 Å². The lowest BCUT2D eigenvalue weighted by Gasteiger charge is -2.20. The molecule has 0 spiro atoms. The van der Waals surface area contributed by atoms with Gasteiger partial charge in [-0.25, -0.2) is 0 Å². The van der Waals surface area contributed by atoms with Crippen molar-refractivity contribution in [2.24, 2.45) is 0 Å². The Hall–Kier alpha value is -4.64. The molecule has 10 bridgehead atoms. The number of rotatable bonds is 5. The topological polar surface area (TPSA) is 108 Å². The first-order chi connectivity index (χ1) is 24.5. The van der Waals surface area contributed by atoms with Crippen molar-refractivity contribution in [2.75, 3.05) is 66.1 Å². The lowest BCUT2D eigenvalue weighted by molar-refractivity contribution is -0.385. The van der Waals surface area contributed by atoms with Crippen LogP contribution in [0.5, 0.6) is 23.0 Å². The number of hydrogen-bond donors (Lipinski definition) is 0. The summed E-state index contributed by atoms with van der Waals surface area (Å²) in [6.45, 7) is 8.22. The van der Waals surface area contributed by atoms with Crippen LogP contribution in [0.1, 0.15) is 58.4 Å². The van der Waals surface area contributed by atoms with Crippen molar-refractivity contribution < 1.29 is 38.1 Å². The Kier molecular flexibility index (Phi) is 12.2. The number of para-hydroxylation sites is 1. The van der Waals surface area contributed by atoms with Gasteiger partial charge in [0.25, 0.3) is 5.69 Å². The van der Waals surface area contributed by atoms with Crippen molar-refractivity contribution in [3.63, 3.8) is 0 Å². The summed E-state index contributed by atoms with van der Waals surface area (Å²) in [7, 11) is 0. The van der Waals surface area contributed by atoms with Crippen molar-refractivity contribution in [2.45, 2.75) is 39.5 Å². The van der Waals surface area contributed by atoms with Crippen molar-refractivity contribution in [3.05, 3.63) is 121 Å². The fourth-order valence-electron chi connectivity index (χ4n) is 6.57. The average molecular weight is 684 g/mol. The second kappa shape index (κ2) is 17.3. The first kappa shape index (κ1) is 35.2. The molecule has 0 unspecified atom stereocenters. The molecule has 0 saturated carbocycles. The molecule has 0 amide bonds. The van der Waals surface area contributed by atoms with Crippen LogP contribution in [-0.4, -0.2) is 71.0 Å². The molecule has 1 heterocycles. The average Bonchev–Trinajstić information content (AvgIpc) is 3.08. The summed E-state index contributed by atoms with van der Waals surface area (Å²) < 4.78 is 42.2. The number of ether oxygens (including phenoxy) is 7. The Balaban J connectivity index is 1.53. The Labute approximate surface area is 293 Å². The van der Waals surface area contributed by atoms with E-state index in [4.69, 9.17) is 33.2 Å². The molecule has 4 aromatic rings. The third-order valence-electron chi connectivity index (χ3n) is 8.56. The van der Waals surface area contributed by atoms with Crippen LogP contribution in [0.15, 0.2) is 66.7 Å². The monoisotopic (exact) mass is 683 g/mol. The van der Waals surface area contributed by atoms with Crippen LogP contribution in [0, 0.1) is 10.1 Å². The molecular formula is C40H45NO9. The van der Waals surface area contributed by atoms with E-state index >= 15 is 0 Å². The molecule has 1 aliphatic heterocycles. The van der Waals surface area contributed by atoms with Crippen molar-refractivity contribution in [3.8, 4) is 23.0 Å². The lowest BCUT2D eigenvalue weighted by Crippen LogP contribution is -2.14. The van der Waals surface area contributed by atoms with E-state index in [1.807, 2.05) is 38.1 Å². The first-order valence-corrected chi connectivity index (χ1v) is 17.4. The van der Waals surface area contributed by atoms with Gasteiger partial charge in [0.1, 0.15) is 36.2 Å². The molecule has 0 atom stereocenters. The number of hydrogen-bond acceptors (Lipinski definition) is 9. The standard InChI is InChI=1S/C40H45NO9/c1-3-47-39-32-6-5-7-33(39)19-29-17-31-21-35-27-36(41(42)43)26-34(40(35)48-4-2)20-30-16-28(18-32)22-37(24-30)49-14-12-45-10-8-44-9-11-46-13-15-50-38(23-29)25-31/h5-7,16-17,22-27H,3-4,8-15,18-21H2,1-2H3. The van der Waals surface area contributed by atoms with Crippen LogP contribution < -0.4 is 18.9 Å². The van der Waals surface area contributed by atoms with Crippen LogP contribution in [0.3, 0.4) is 0 Å². The van der Waals surface area contributed by atoms with Gasteiger partial charge in [-0.2, -0.15) is 0 Å². The lowest BCUT2D eigenvalue weighted by atomic mass is 9.92. The van der Waals surface area contributed by atoms with E-state index in [2.05, 4.69) is 30.3 Å². The van der Waals surface area contributed by atoms with Crippen molar-refractivity contribution in [1.29, 1.82) is 0 Å². The number of benzene rings is 4. The van der Waals surface area contributed by atoms with E-state index in [0.29, 0.717) is 109 Å². The molecular weight excluding hydrogens is 638 g/mol. The van der Waals surface area contributed by atoms with Gasteiger partial charge in [0.05, 0.1) is 57.8 Å². The maximum atomic E-state index is 12.3. The SMILES string of the molecule is CCOc1c2cccc1Cc1cc3cc(c1)OCCOCCOCCOCCOc1cc(cc(c1)Cc1cc([N+](=O)[O-])cc(c1OCC)C3)C2. The predicted octanol–water partition coefficient (Wildman–Crippen LogP) is 6.89. The van der Waals surface area contributed by atoms with Gasteiger partial charge in [-0.05, 0) is 71.5 Å². The van der Waals surface area contributed by atoms with Crippen LogP contribution >= 0.6 is 0 Å². The van der Waals surface area contributed by atoms with Crippen LogP contribution in [0.4, 0.5) is 5.69 Å². The minimum Gasteiger partial charge on any atom is -0.493 e. The van der Waals surface area contributed by atoms with Gasteiger partial charge >= 0.3 is 0 Å². The normalized spacial score (nSPS) is 15.6.